The van der Waals surface area contributed by atoms with E-state index in [2.05, 4.69) is 5.32 Å². The molecule has 0 aliphatic carbocycles. The number of benzene rings is 1. The molecule has 2 N–H and O–H groups in total. The molecule has 0 bridgehead atoms. The average molecular weight is 293 g/mol. The maximum Gasteiger partial charge on any atom is 0.308 e. The maximum absolute atomic E-state index is 12.1. The van der Waals surface area contributed by atoms with Crippen molar-refractivity contribution in [3.8, 4) is 5.75 Å². The van der Waals surface area contributed by atoms with Crippen molar-refractivity contribution < 1.29 is 19.4 Å². The lowest BCUT2D eigenvalue weighted by atomic mass is 10.0. The van der Waals surface area contributed by atoms with E-state index in [4.69, 9.17) is 9.84 Å². The monoisotopic (exact) mass is 293 g/mol. The van der Waals surface area contributed by atoms with Crippen molar-refractivity contribution in [3.05, 3.63) is 30.3 Å². The highest BCUT2D eigenvalue weighted by atomic mass is 16.5. The van der Waals surface area contributed by atoms with Gasteiger partial charge in [0.1, 0.15) is 5.75 Å². The van der Waals surface area contributed by atoms with E-state index in [1.165, 1.54) is 0 Å². The summed E-state index contributed by atoms with van der Waals surface area (Å²) < 4.78 is 5.62. The van der Waals surface area contributed by atoms with Crippen molar-refractivity contribution in [2.75, 3.05) is 6.54 Å². The van der Waals surface area contributed by atoms with Crippen molar-refractivity contribution in [2.45, 2.75) is 39.2 Å². The number of hydrogen-bond acceptors (Lipinski definition) is 3. The normalized spacial score (nSPS) is 13.2. The molecule has 116 valence electrons. The molecular weight excluding hydrogens is 270 g/mol. The van der Waals surface area contributed by atoms with Crippen LogP contribution in [0, 0.1) is 5.92 Å². The Balaban J connectivity index is 2.53. The predicted molar refractivity (Wildman–Crippen MR) is 80.2 cm³/mol. The van der Waals surface area contributed by atoms with E-state index in [-0.39, 0.29) is 12.5 Å². The highest BCUT2D eigenvalue weighted by molar-refractivity contribution is 5.81. The van der Waals surface area contributed by atoms with Crippen molar-refractivity contribution >= 4 is 11.9 Å². The molecule has 21 heavy (non-hydrogen) atoms. The number of amides is 1. The zero-order chi connectivity index (χ0) is 15.7. The van der Waals surface area contributed by atoms with Crippen LogP contribution in [-0.4, -0.2) is 29.6 Å². The number of rotatable bonds is 9. The van der Waals surface area contributed by atoms with Crippen LogP contribution in [0.3, 0.4) is 0 Å². The van der Waals surface area contributed by atoms with Gasteiger partial charge in [0.05, 0.1) is 5.92 Å². The van der Waals surface area contributed by atoms with Gasteiger partial charge in [-0.3, -0.25) is 9.59 Å². The van der Waals surface area contributed by atoms with E-state index in [1.807, 2.05) is 32.0 Å². The van der Waals surface area contributed by atoms with Crippen molar-refractivity contribution in [2.24, 2.45) is 5.92 Å². The molecule has 0 aliphatic rings. The third-order valence-corrected chi connectivity index (χ3v) is 3.19. The van der Waals surface area contributed by atoms with E-state index in [1.54, 1.807) is 12.1 Å². The molecule has 1 amide bonds. The van der Waals surface area contributed by atoms with Gasteiger partial charge < -0.3 is 15.2 Å². The van der Waals surface area contributed by atoms with Crippen molar-refractivity contribution in [1.29, 1.82) is 0 Å². The topological polar surface area (TPSA) is 75.6 Å². The Morgan fingerprint density at radius 2 is 1.90 bits per heavy atom. The molecule has 5 nitrogen and oxygen atoms in total. The number of hydrogen-bond donors (Lipinski definition) is 2. The lowest BCUT2D eigenvalue weighted by Crippen LogP contribution is -2.41. The summed E-state index contributed by atoms with van der Waals surface area (Å²) in [6.45, 7) is 3.91. The van der Waals surface area contributed by atoms with Crippen LogP contribution in [0.4, 0.5) is 0 Å². The minimum absolute atomic E-state index is 0.136. The molecule has 1 aromatic rings. The van der Waals surface area contributed by atoms with Gasteiger partial charge in [-0.05, 0) is 25.0 Å². The average Bonchev–Trinajstić information content (AvgIpc) is 2.49. The third-order valence-electron chi connectivity index (χ3n) is 3.19. The van der Waals surface area contributed by atoms with Crippen molar-refractivity contribution in [3.63, 3.8) is 0 Å². The Morgan fingerprint density at radius 3 is 2.43 bits per heavy atom. The van der Waals surface area contributed by atoms with E-state index >= 15 is 0 Å². The van der Waals surface area contributed by atoms with E-state index in [0.29, 0.717) is 18.6 Å². The van der Waals surface area contributed by atoms with Crippen LogP contribution in [0.25, 0.3) is 0 Å². The number of carbonyl (C=O) groups excluding carboxylic acids is 1. The smallest absolute Gasteiger partial charge is 0.308 e. The highest BCUT2D eigenvalue weighted by Gasteiger charge is 2.22. The molecule has 0 heterocycles. The van der Waals surface area contributed by atoms with Crippen LogP contribution in [-0.2, 0) is 9.59 Å². The Labute approximate surface area is 125 Å². The lowest BCUT2D eigenvalue weighted by molar-refractivity contribution is -0.142. The minimum Gasteiger partial charge on any atom is -0.481 e. The number of aliphatic carboxylic acids is 1. The fourth-order valence-corrected chi connectivity index (χ4v) is 1.98. The number of carbonyl (C=O) groups is 2. The van der Waals surface area contributed by atoms with Gasteiger partial charge in [0.15, 0.2) is 6.10 Å². The standard InChI is InChI=1S/C16H23NO4/c1-3-8-12(16(19)20)11-17-15(18)14(4-2)21-13-9-6-5-7-10-13/h5-7,9-10,12,14H,3-4,8,11H2,1-2H3,(H,17,18)(H,19,20). The summed E-state index contributed by atoms with van der Waals surface area (Å²) in [5, 5.41) is 11.7. The molecule has 2 atom stereocenters. The molecule has 0 saturated heterocycles. The first-order valence-corrected chi connectivity index (χ1v) is 7.30. The predicted octanol–water partition coefficient (Wildman–Crippen LogP) is 2.46. The zero-order valence-electron chi connectivity index (χ0n) is 12.5. The Hall–Kier alpha value is -2.04. The summed E-state index contributed by atoms with van der Waals surface area (Å²) in [6, 6.07) is 9.11. The van der Waals surface area contributed by atoms with Gasteiger partial charge in [-0.25, -0.2) is 0 Å². The van der Waals surface area contributed by atoms with Crippen LogP contribution in [0.2, 0.25) is 0 Å². The van der Waals surface area contributed by atoms with Crippen LogP contribution in [0.5, 0.6) is 5.75 Å². The Kier molecular flexibility index (Phi) is 7.29. The first-order valence-electron chi connectivity index (χ1n) is 7.30. The molecule has 0 fully saturated rings. The molecule has 0 aliphatic heterocycles. The second-order valence-electron chi connectivity index (χ2n) is 4.90. The largest absolute Gasteiger partial charge is 0.481 e. The van der Waals surface area contributed by atoms with Crippen LogP contribution in [0.1, 0.15) is 33.1 Å². The first-order chi connectivity index (χ1) is 10.1. The number of carboxylic acids is 1. The number of ether oxygens (including phenoxy) is 1. The van der Waals surface area contributed by atoms with E-state index < -0.39 is 18.0 Å². The van der Waals surface area contributed by atoms with Gasteiger partial charge in [-0.2, -0.15) is 0 Å². The second kappa shape index (κ2) is 9.00. The minimum atomic E-state index is -0.880. The Bertz CT molecular complexity index is 447. The fraction of sp³-hybridized carbons (Fsp3) is 0.500. The third kappa shape index (κ3) is 5.85. The quantitative estimate of drug-likeness (QED) is 0.733. The summed E-state index contributed by atoms with van der Waals surface area (Å²) in [7, 11) is 0. The fourth-order valence-electron chi connectivity index (χ4n) is 1.98. The molecule has 0 saturated carbocycles. The van der Waals surface area contributed by atoms with E-state index in [9.17, 15) is 9.59 Å². The number of carboxylic acid groups (broad SMARTS) is 1. The summed E-state index contributed by atoms with van der Waals surface area (Å²) in [5.74, 6) is -1.08. The number of para-hydroxylation sites is 1. The van der Waals surface area contributed by atoms with Gasteiger partial charge in [0.2, 0.25) is 0 Å². The summed E-state index contributed by atoms with van der Waals surface area (Å²) in [4.78, 5) is 23.1. The first kappa shape index (κ1) is 17.0. The molecule has 2 unspecified atom stereocenters. The van der Waals surface area contributed by atoms with Gasteiger partial charge in [-0.1, -0.05) is 38.5 Å². The molecule has 0 radical (unpaired) electrons. The van der Waals surface area contributed by atoms with Gasteiger partial charge in [-0.15, -0.1) is 0 Å². The molecule has 1 aromatic carbocycles. The molecular formula is C16H23NO4. The molecule has 1 rings (SSSR count). The summed E-state index contributed by atoms with van der Waals surface area (Å²) >= 11 is 0. The van der Waals surface area contributed by atoms with Gasteiger partial charge >= 0.3 is 5.97 Å². The maximum atomic E-state index is 12.1. The molecule has 0 spiro atoms. The zero-order valence-corrected chi connectivity index (χ0v) is 12.5. The SMILES string of the molecule is CCCC(CNC(=O)C(CC)Oc1ccccc1)C(=O)O. The second-order valence-corrected chi connectivity index (χ2v) is 4.90. The van der Waals surface area contributed by atoms with E-state index in [0.717, 1.165) is 6.42 Å². The number of nitrogens with one attached hydrogen (secondary N) is 1. The van der Waals surface area contributed by atoms with Crippen molar-refractivity contribution in [1.82, 2.24) is 5.32 Å². The Morgan fingerprint density at radius 1 is 1.24 bits per heavy atom. The van der Waals surface area contributed by atoms with Crippen LogP contribution >= 0.6 is 0 Å². The highest BCUT2D eigenvalue weighted by Crippen LogP contribution is 2.13. The van der Waals surface area contributed by atoms with Gasteiger partial charge in [0, 0.05) is 6.54 Å². The molecule has 0 aromatic heterocycles. The summed E-state index contributed by atoms with van der Waals surface area (Å²) in [6.07, 6.45) is 1.23. The van der Waals surface area contributed by atoms with Crippen LogP contribution in [0.15, 0.2) is 30.3 Å². The lowest BCUT2D eigenvalue weighted by Gasteiger charge is -2.19. The van der Waals surface area contributed by atoms with Crippen LogP contribution < -0.4 is 10.1 Å². The molecule has 5 heteroatoms. The summed E-state index contributed by atoms with van der Waals surface area (Å²) in [5.41, 5.74) is 0. The van der Waals surface area contributed by atoms with Gasteiger partial charge in [0.25, 0.3) is 5.91 Å².